The molecule has 0 atom stereocenters. The predicted molar refractivity (Wildman–Crippen MR) is 82.4 cm³/mol. The maximum Gasteiger partial charge on any atom is 0.220 e. The van der Waals surface area contributed by atoms with Gasteiger partial charge in [0.25, 0.3) is 0 Å². The van der Waals surface area contributed by atoms with Gasteiger partial charge in [0, 0.05) is 24.5 Å². The van der Waals surface area contributed by atoms with Crippen LogP contribution in [0.4, 0.5) is 0 Å². The number of nitrogens with two attached hydrogens (primary N) is 1. The highest BCUT2D eigenvalue weighted by Gasteiger charge is 2.27. The molecule has 1 aliphatic heterocycles. The van der Waals surface area contributed by atoms with Crippen LogP contribution in [0.2, 0.25) is 0 Å². The fourth-order valence-corrected chi connectivity index (χ4v) is 3.68. The van der Waals surface area contributed by atoms with Crippen LogP contribution in [0.15, 0.2) is 0 Å². The number of nitrogens with zero attached hydrogens (tertiary/aromatic N) is 1. The van der Waals surface area contributed by atoms with E-state index in [2.05, 4.69) is 24.1 Å². The Balaban J connectivity index is 1.65. The summed E-state index contributed by atoms with van der Waals surface area (Å²) in [6.45, 7) is 8.28. The van der Waals surface area contributed by atoms with Crippen molar-refractivity contribution >= 4 is 5.91 Å². The first kappa shape index (κ1) is 15.8. The van der Waals surface area contributed by atoms with Crippen LogP contribution < -0.4 is 11.1 Å². The number of carbonyl (C=O) groups excluding carboxylic acids is 1. The van der Waals surface area contributed by atoms with E-state index < -0.39 is 0 Å². The van der Waals surface area contributed by atoms with Gasteiger partial charge in [-0.25, -0.2) is 0 Å². The second-order valence-corrected chi connectivity index (χ2v) is 7.09. The molecular weight excluding hydrogens is 250 g/mol. The number of piperidine rings is 1. The summed E-state index contributed by atoms with van der Waals surface area (Å²) in [6, 6.07) is 1.28. The number of primary amides is 1. The number of rotatable bonds is 5. The van der Waals surface area contributed by atoms with Crippen LogP contribution in [0.3, 0.4) is 0 Å². The molecule has 2 rings (SSSR count). The lowest BCUT2D eigenvalue weighted by molar-refractivity contribution is -0.122. The minimum atomic E-state index is -0.106. The maximum absolute atomic E-state index is 11.2. The van der Waals surface area contributed by atoms with Gasteiger partial charge in [-0.05, 0) is 57.5 Å². The highest BCUT2D eigenvalue weighted by atomic mass is 16.1. The molecule has 4 heteroatoms. The van der Waals surface area contributed by atoms with Crippen molar-refractivity contribution in [1.82, 2.24) is 10.2 Å². The molecule has 0 spiro atoms. The van der Waals surface area contributed by atoms with E-state index in [1.807, 2.05) is 0 Å². The molecule has 2 fully saturated rings. The fourth-order valence-electron chi connectivity index (χ4n) is 3.68. The van der Waals surface area contributed by atoms with Crippen LogP contribution in [-0.2, 0) is 4.79 Å². The molecule has 116 valence electrons. The lowest BCUT2D eigenvalue weighted by atomic mass is 9.85. The highest BCUT2D eigenvalue weighted by Crippen LogP contribution is 2.25. The van der Waals surface area contributed by atoms with Gasteiger partial charge in [-0.1, -0.05) is 13.8 Å². The highest BCUT2D eigenvalue weighted by molar-refractivity contribution is 5.76. The van der Waals surface area contributed by atoms with Gasteiger partial charge in [-0.2, -0.15) is 0 Å². The van der Waals surface area contributed by atoms with Crippen molar-refractivity contribution in [3.8, 4) is 0 Å². The quantitative estimate of drug-likeness (QED) is 0.807. The van der Waals surface area contributed by atoms with Crippen molar-refractivity contribution in [1.29, 1.82) is 0 Å². The standard InChI is InChI=1S/C16H31N3O/c1-12(2)11-19-9-7-15(8-10-19)18-14-5-3-13(4-6-14)16(17)20/h12-15,18H,3-11H2,1-2H3,(H2,17,20). The summed E-state index contributed by atoms with van der Waals surface area (Å²) < 4.78 is 0. The van der Waals surface area contributed by atoms with Crippen molar-refractivity contribution in [2.45, 2.75) is 64.5 Å². The summed E-state index contributed by atoms with van der Waals surface area (Å²) >= 11 is 0. The largest absolute Gasteiger partial charge is 0.369 e. The Morgan fingerprint density at radius 3 is 2.15 bits per heavy atom. The molecule has 0 bridgehead atoms. The van der Waals surface area contributed by atoms with Crippen molar-refractivity contribution < 1.29 is 4.79 Å². The van der Waals surface area contributed by atoms with Crippen LogP contribution in [-0.4, -0.2) is 42.5 Å². The minimum absolute atomic E-state index is 0.106. The molecule has 4 nitrogen and oxygen atoms in total. The zero-order valence-electron chi connectivity index (χ0n) is 13.1. The third kappa shape index (κ3) is 4.74. The minimum Gasteiger partial charge on any atom is -0.369 e. The number of amides is 1. The van der Waals surface area contributed by atoms with Gasteiger partial charge in [0.15, 0.2) is 0 Å². The summed E-state index contributed by atoms with van der Waals surface area (Å²) in [7, 11) is 0. The summed E-state index contributed by atoms with van der Waals surface area (Å²) in [6.07, 6.45) is 6.70. The Kier molecular flexibility index (Phi) is 5.85. The molecule has 0 radical (unpaired) electrons. The van der Waals surface area contributed by atoms with Crippen molar-refractivity contribution in [3.63, 3.8) is 0 Å². The Labute approximate surface area is 123 Å². The van der Waals surface area contributed by atoms with Crippen molar-refractivity contribution in [2.75, 3.05) is 19.6 Å². The van der Waals surface area contributed by atoms with Gasteiger partial charge in [-0.15, -0.1) is 0 Å². The normalized spacial score (nSPS) is 29.8. The average Bonchev–Trinajstić information content (AvgIpc) is 2.41. The number of hydrogen-bond acceptors (Lipinski definition) is 3. The lowest BCUT2D eigenvalue weighted by Gasteiger charge is -2.37. The number of hydrogen-bond donors (Lipinski definition) is 2. The van der Waals surface area contributed by atoms with Crippen molar-refractivity contribution in [2.24, 2.45) is 17.6 Å². The molecule has 1 saturated heterocycles. The maximum atomic E-state index is 11.2. The predicted octanol–water partition coefficient (Wildman–Crippen LogP) is 1.74. The summed E-state index contributed by atoms with van der Waals surface area (Å²) in [5, 5.41) is 3.81. The summed E-state index contributed by atoms with van der Waals surface area (Å²) in [4.78, 5) is 13.8. The number of nitrogens with one attached hydrogen (secondary N) is 1. The molecule has 2 aliphatic rings. The van der Waals surface area contributed by atoms with Crippen LogP contribution >= 0.6 is 0 Å². The topological polar surface area (TPSA) is 58.4 Å². The zero-order chi connectivity index (χ0) is 14.5. The summed E-state index contributed by atoms with van der Waals surface area (Å²) in [5.74, 6) is 0.787. The average molecular weight is 281 g/mol. The number of likely N-dealkylation sites (tertiary alicyclic amines) is 1. The van der Waals surface area contributed by atoms with Gasteiger partial charge in [0.1, 0.15) is 0 Å². The van der Waals surface area contributed by atoms with Gasteiger partial charge in [0.2, 0.25) is 5.91 Å². The molecule has 0 aromatic carbocycles. The molecule has 0 unspecified atom stereocenters. The Bertz CT molecular complexity index is 303. The van der Waals surface area contributed by atoms with Gasteiger partial charge in [0.05, 0.1) is 0 Å². The lowest BCUT2D eigenvalue weighted by Crippen LogP contribution is -2.48. The molecule has 0 aromatic heterocycles. The second-order valence-electron chi connectivity index (χ2n) is 7.09. The van der Waals surface area contributed by atoms with E-state index in [9.17, 15) is 4.79 Å². The van der Waals surface area contributed by atoms with Crippen LogP contribution in [0.25, 0.3) is 0 Å². The molecule has 1 aliphatic carbocycles. The first-order chi connectivity index (χ1) is 9.54. The molecule has 3 N–H and O–H groups in total. The monoisotopic (exact) mass is 281 g/mol. The van der Waals surface area contributed by atoms with E-state index >= 15 is 0 Å². The van der Waals surface area contributed by atoms with Crippen molar-refractivity contribution in [3.05, 3.63) is 0 Å². The van der Waals surface area contributed by atoms with Crippen LogP contribution in [0.5, 0.6) is 0 Å². The van der Waals surface area contributed by atoms with E-state index in [4.69, 9.17) is 5.73 Å². The van der Waals surface area contributed by atoms with E-state index in [-0.39, 0.29) is 11.8 Å². The summed E-state index contributed by atoms with van der Waals surface area (Å²) in [5.41, 5.74) is 5.39. The first-order valence-corrected chi connectivity index (χ1v) is 8.32. The SMILES string of the molecule is CC(C)CN1CCC(NC2CCC(C(N)=O)CC2)CC1. The van der Waals surface area contributed by atoms with E-state index in [1.165, 1.54) is 32.5 Å². The molecular formula is C16H31N3O. The smallest absolute Gasteiger partial charge is 0.220 e. The van der Waals surface area contributed by atoms with E-state index in [0.717, 1.165) is 31.6 Å². The Morgan fingerprint density at radius 1 is 1.10 bits per heavy atom. The van der Waals surface area contributed by atoms with E-state index in [1.54, 1.807) is 0 Å². The van der Waals surface area contributed by atoms with Gasteiger partial charge >= 0.3 is 0 Å². The first-order valence-electron chi connectivity index (χ1n) is 8.32. The Hall–Kier alpha value is -0.610. The molecule has 1 saturated carbocycles. The van der Waals surface area contributed by atoms with Gasteiger partial charge in [-0.3, -0.25) is 4.79 Å². The third-order valence-electron chi connectivity index (χ3n) is 4.81. The number of carbonyl (C=O) groups is 1. The van der Waals surface area contributed by atoms with Crippen LogP contribution in [0.1, 0.15) is 52.4 Å². The molecule has 0 aromatic rings. The molecule has 1 amide bonds. The zero-order valence-corrected chi connectivity index (χ0v) is 13.1. The van der Waals surface area contributed by atoms with Crippen LogP contribution in [0, 0.1) is 11.8 Å². The molecule has 1 heterocycles. The fraction of sp³-hybridized carbons (Fsp3) is 0.938. The van der Waals surface area contributed by atoms with Gasteiger partial charge < -0.3 is 16.0 Å². The molecule has 20 heavy (non-hydrogen) atoms. The second kappa shape index (κ2) is 7.41. The van der Waals surface area contributed by atoms with E-state index in [0.29, 0.717) is 12.1 Å². The Morgan fingerprint density at radius 2 is 1.65 bits per heavy atom. The third-order valence-corrected chi connectivity index (χ3v) is 4.81.